The number of halogens is 1. The first-order valence-electron chi connectivity index (χ1n) is 8.82. The van der Waals surface area contributed by atoms with E-state index >= 15 is 0 Å². The fraction of sp³-hybridized carbons (Fsp3) is 0.0952. The standard InChI is InChI=1S/C21H17BrN4O3/c1-11-5-6-14-15(7-11)20-17(9-16(14)22)26(19(28)10-18(27)24-20)13-4-2-3-12(8-13)21(23)25-29/h2-9,29H,10H2,1H3,(H2,23,25)(H,24,27). The molecule has 0 aliphatic carbocycles. The summed E-state index contributed by atoms with van der Waals surface area (Å²) in [7, 11) is 0. The molecule has 29 heavy (non-hydrogen) atoms. The minimum absolute atomic E-state index is 0.0705. The van der Waals surface area contributed by atoms with Crippen molar-refractivity contribution in [2.45, 2.75) is 13.3 Å². The highest BCUT2D eigenvalue weighted by Gasteiger charge is 2.29. The van der Waals surface area contributed by atoms with Crippen LogP contribution < -0.4 is 16.0 Å². The van der Waals surface area contributed by atoms with Gasteiger partial charge in [-0.05, 0) is 36.6 Å². The molecular weight excluding hydrogens is 436 g/mol. The zero-order chi connectivity index (χ0) is 20.7. The van der Waals surface area contributed by atoms with Crippen molar-refractivity contribution >= 4 is 61.4 Å². The van der Waals surface area contributed by atoms with Crippen molar-refractivity contribution in [2.24, 2.45) is 10.9 Å². The quantitative estimate of drug-likeness (QED) is 0.179. The molecule has 3 aromatic rings. The molecule has 4 N–H and O–H groups in total. The molecule has 0 bridgehead atoms. The Morgan fingerprint density at radius 2 is 1.97 bits per heavy atom. The van der Waals surface area contributed by atoms with Crippen LogP contribution in [-0.2, 0) is 9.59 Å². The number of hydrogen-bond acceptors (Lipinski definition) is 4. The minimum atomic E-state index is -0.378. The fourth-order valence-electron chi connectivity index (χ4n) is 3.47. The smallest absolute Gasteiger partial charge is 0.241 e. The molecule has 7 nitrogen and oxygen atoms in total. The van der Waals surface area contributed by atoms with E-state index in [-0.39, 0.29) is 24.1 Å². The van der Waals surface area contributed by atoms with Gasteiger partial charge in [-0.3, -0.25) is 14.5 Å². The molecule has 3 aromatic carbocycles. The van der Waals surface area contributed by atoms with E-state index in [0.29, 0.717) is 22.6 Å². The van der Waals surface area contributed by atoms with E-state index in [9.17, 15) is 9.59 Å². The lowest BCUT2D eigenvalue weighted by Gasteiger charge is -2.24. The summed E-state index contributed by atoms with van der Waals surface area (Å²) in [5.74, 6) is -0.827. The van der Waals surface area contributed by atoms with Crippen LogP contribution in [0, 0.1) is 6.92 Å². The first-order valence-corrected chi connectivity index (χ1v) is 9.62. The van der Waals surface area contributed by atoms with Crippen molar-refractivity contribution < 1.29 is 14.8 Å². The number of fused-ring (bicyclic) bond motifs is 3. The number of carbonyl (C=O) groups is 2. The van der Waals surface area contributed by atoms with Crippen LogP contribution in [0.5, 0.6) is 0 Å². The molecule has 0 saturated carbocycles. The van der Waals surface area contributed by atoms with E-state index in [0.717, 1.165) is 20.8 Å². The SMILES string of the molecule is Cc1ccc2c(Br)cc3c(c2c1)NC(=O)CC(=O)N3c1cccc(/C(N)=N/O)c1. The molecule has 146 valence electrons. The lowest BCUT2D eigenvalue weighted by atomic mass is 10.0. The average molecular weight is 453 g/mol. The molecule has 0 spiro atoms. The van der Waals surface area contributed by atoms with Crippen LogP contribution in [0.3, 0.4) is 0 Å². The average Bonchev–Trinajstić information content (AvgIpc) is 2.82. The van der Waals surface area contributed by atoms with Crippen molar-refractivity contribution in [1.82, 2.24) is 0 Å². The number of nitrogens with one attached hydrogen (secondary N) is 1. The summed E-state index contributed by atoms with van der Waals surface area (Å²) in [4.78, 5) is 26.9. The van der Waals surface area contributed by atoms with Gasteiger partial charge in [-0.1, -0.05) is 50.9 Å². The molecule has 0 fully saturated rings. The van der Waals surface area contributed by atoms with E-state index in [4.69, 9.17) is 10.9 Å². The summed E-state index contributed by atoms with van der Waals surface area (Å²) in [6.45, 7) is 1.97. The summed E-state index contributed by atoms with van der Waals surface area (Å²) in [5.41, 5.74) is 8.82. The van der Waals surface area contributed by atoms with Gasteiger partial charge in [0.15, 0.2) is 5.84 Å². The molecule has 0 aromatic heterocycles. The summed E-state index contributed by atoms with van der Waals surface area (Å²) in [5, 5.41) is 16.6. The molecule has 4 rings (SSSR count). The molecule has 0 saturated heterocycles. The van der Waals surface area contributed by atoms with Gasteiger partial charge < -0.3 is 16.3 Å². The fourth-order valence-corrected chi connectivity index (χ4v) is 4.03. The molecular formula is C21H17BrN4O3. The number of hydrogen-bond donors (Lipinski definition) is 3. The van der Waals surface area contributed by atoms with Gasteiger partial charge in [-0.2, -0.15) is 0 Å². The third-order valence-electron chi connectivity index (χ3n) is 4.80. The largest absolute Gasteiger partial charge is 0.409 e. The summed E-state index contributed by atoms with van der Waals surface area (Å²) >= 11 is 3.59. The number of amides is 2. The van der Waals surface area contributed by atoms with Gasteiger partial charge in [-0.25, -0.2) is 0 Å². The second-order valence-corrected chi connectivity index (χ2v) is 7.65. The molecule has 2 amide bonds. The topological polar surface area (TPSA) is 108 Å². The maximum Gasteiger partial charge on any atom is 0.241 e. The maximum absolute atomic E-state index is 13.0. The molecule has 0 radical (unpaired) electrons. The summed E-state index contributed by atoms with van der Waals surface area (Å²) in [6, 6.07) is 14.5. The van der Waals surface area contributed by atoms with Crippen LogP contribution in [0.15, 0.2) is 58.2 Å². The number of rotatable bonds is 2. The Kier molecular flexibility index (Phi) is 4.71. The van der Waals surface area contributed by atoms with Crippen LogP contribution in [0.2, 0.25) is 0 Å². The highest BCUT2D eigenvalue weighted by atomic mass is 79.9. The normalized spacial score (nSPS) is 14.6. The van der Waals surface area contributed by atoms with Crippen LogP contribution in [0.4, 0.5) is 17.1 Å². The Hall–Kier alpha value is -3.39. The van der Waals surface area contributed by atoms with Gasteiger partial charge in [0.2, 0.25) is 11.8 Å². The highest BCUT2D eigenvalue weighted by molar-refractivity contribution is 9.10. The summed E-state index contributed by atoms with van der Waals surface area (Å²) in [6.07, 6.45) is -0.298. The van der Waals surface area contributed by atoms with Crippen molar-refractivity contribution in [3.63, 3.8) is 0 Å². The molecule has 0 atom stereocenters. The third kappa shape index (κ3) is 3.31. The van der Waals surface area contributed by atoms with Gasteiger partial charge in [0, 0.05) is 21.1 Å². The van der Waals surface area contributed by atoms with E-state index in [1.165, 1.54) is 4.90 Å². The van der Waals surface area contributed by atoms with Gasteiger partial charge in [0.25, 0.3) is 0 Å². The first kappa shape index (κ1) is 18.9. The Balaban J connectivity index is 2.01. The minimum Gasteiger partial charge on any atom is -0.409 e. The lowest BCUT2D eigenvalue weighted by molar-refractivity contribution is -0.124. The third-order valence-corrected chi connectivity index (χ3v) is 5.45. The number of aryl methyl sites for hydroxylation is 1. The molecule has 0 unspecified atom stereocenters. The van der Waals surface area contributed by atoms with E-state index in [1.807, 2.05) is 31.2 Å². The molecule has 1 heterocycles. The van der Waals surface area contributed by atoms with Gasteiger partial charge >= 0.3 is 0 Å². The second-order valence-electron chi connectivity index (χ2n) is 6.79. The predicted molar refractivity (Wildman–Crippen MR) is 116 cm³/mol. The number of anilines is 3. The predicted octanol–water partition coefficient (Wildman–Crippen LogP) is 4.01. The Morgan fingerprint density at radius 1 is 1.17 bits per heavy atom. The number of amidine groups is 1. The number of nitrogens with zero attached hydrogens (tertiary/aromatic N) is 2. The van der Waals surface area contributed by atoms with E-state index < -0.39 is 0 Å². The van der Waals surface area contributed by atoms with Gasteiger partial charge in [0.1, 0.15) is 6.42 Å². The Labute approximate surface area is 174 Å². The number of carbonyl (C=O) groups excluding carboxylic acids is 2. The number of oxime groups is 1. The van der Waals surface area contributed by atoms with Crippen molar-refractivity contribution in [3.8, 4) is 0 Å². The Morgan fingerprint density at radius 3 is 2.72 bits per heavy atom. The van der Waals surface area contributed by atoms with Crippen LogP contribution in [-0.4, -0.2) is 22.9 Å². The van der Waals surface area contributed by atoms with Gasteiger partial charge in [0.05, 0.1) is 11.4 Å². The number of benzene rings is 3. The zero-order valence-corrected chi connectivity index (χ0v) is 17.0. The molecule has 8 heteroatoms. The summed E-state index contributed by atoms with van der Waals surface area (Å²) < 4.78 is 0.799. The van der Waals surface area contributed by atoms with Gasteiger partial charge in [-0.15, -0.1) is 0 Å². The molecule has 1 aliphatic heterocycles. The monoisotopic (exact) mass is 452 g/mol. The van der Waals surface area contributed by atoms with E-state index in [1.54, 1.807) is 24.3 Å². The molecule has 1 aliphatic rings. The van der Waals surface area contributed by atoms with Crippen LogP contribution >= 0.6 is 15.9 Å². The van der Waals surface area contributed by atoms with Crippen molar-refractivity contribution in [2.75, 3.05) is 10.2 Å². The van der Waals surface area contributed by atoms with Crippen molar-refractivity contribution in [1.29, 1.82) is 0 Å². The maximum atomic E-state index is 13.0. The van der Waals surface area contributed by atoms with E-state index in [2.05, 4.69) is 26.4 Å². The first-order chi connectivity index (χ1) is 13.9. The highest BCUT2D eigenvalue weighted by Crippen LogP contribution is 2.43. The second kappa shape index (κ2) is 7.21. The number of nitrogens with two attached hydrogens (primary N) is 1. The zero-order valence-electron chi connectivity index (χ0n) is 15.4. The van der Waals surface area contributed by atoms with Crippen LogP contribution in [0.25, 0.3) is 10.8 Å². The van der Waals surface area contributed by atoms with Crippen LogP contribution in [0.1, 0.15) is 17.5 Å². The van der Waals surface area contributed by atoms with Crippen molar-refractivity contribution in [3.05, 3.63) is 64.1 Å². The lowest BCUT2D eigenvalue weighted by Crippen LogP contribution is -2.26. The Bertz CT molecular complexity index is 1210.